The summed E-state index contributed by atoms with van der Waals surface area (Å²) in [6, 6.07) is -0.349. The Bertz CT molecular complexity index is 261. The maximum Gasteiger partial charge on any atom is 0.407 e. The fourth-order valence-electron chi connectivity index (χ4n) is 0.977. The Morgan fingerprint density at radius 1 is 1.25 bits per heavy atom. The molecule has 0 aliphatic heterocycles. The second-order valence-corrected chi connectivity index (χ2v) is 4.73. The summed E-state index contributed by atoms with van der Waals surface area (Å²) in [6.45, 7) is 8.70. The molecule has 0 bridgehead atoms. The quantitative estimate of drug-likeness (QED) is 0.375. The van der Waals surface area contributed by atoms with E-state index in [0.717, 1.165) is 0 Å². The number of carbonyl (C=O) groups excluding carboxylic acids is 2. The lowest BCUT2D eigenvalue weighted by molar-refractivity contribution is -0.125. The molecule has 0 aromatic rings. The van der Waals surface area contributed by atoms with Crippen molar-refractivity contribution in [1.82, 2.24) is 10.7 Å². The number of amides is 2. The summed E-state index contributed by atoms with van der Waals surface area (Å²) in [5, 5.41) is 2.57. The number of alkyl carbamates (subject to hydrolysis) is 1. The van der Waals surface area contributed by atoms with Crippen molar-refractivity contribution in [2.75, 3.05) is 0 Å². The highest BCUT2D eigenvalue weighted by molar-refractivity contribution is 5.79. The zero-order valence-electron chi connectivity index (χ0n) is 10.5. The van der Waals surface area contributed by atoms with Crippen molar-refractivity contribution in [3.8, 4) is 0 Å². The highest BCUT2D eigenvalue weighted by Crippen LogP contribution is 2.08. The van der Waals surface area contributed by atoms with E-state index in [1.165, 1.54) is 0 Å². The van der Waals surface area contributed by atoms with Crippen molar-refractivity contribution >= 4 is 12.0 Å². The van der Waals surface area contributed by atoms with Crippen LogP contribution in [0.5, 0.6) is 0 Å². The molecule has 0 rings (SSSR count). The van der Waals surface area contributed by atoms with Gasteiger partial charge >= 0.3 is 6.09 Å². The Labute approximate surface area is 95.9 Å². The number of hydrazine groups is 1. The topological polar surface area (TPSA) is 93.4 Å². The van der Waals surface area contributed by atoms with Crippen LogP contribution < -0.4 is 16.6 Å². The van der Waals surface area contributed by atoms with Crippen LogP contribution >= 0.6 is 0 Å². The first-order valence-electron chi connectivity index (χ1n) is 5.17. The van der Waals surface area contributed by atoms with Gasteiger partial charge in [-0.1, -0.05) is 6.92 Å². The van der Waals surface area contributed by atoms with E-state index in [2.05, 4.69) is 5.32 Å². The van der Waals surface area contributed by atoms with Gasteiger partial charge in [-0.15, -0.1) is 0 Å². The summed E-state index contributed by atoms with van der Waals surface area (Å²) < 4.78 is 5.06. The molecule has 0 saturated heterocycles. The van der Waals surface area contributed by atoms with Crippen LogP contribution in [0.3, 0.4) is 0 Å². The van der Waals surface area contributed by atoms with Gasteiger partial charge in [0.1, 0.15) is 5.60 Å². The third kappa shape index (κ3) is 5.55. The summed E-state index contributed by atoms with van der Waals surface area (Å²) in [6.07, 6.45) is -0.545. The van der Waals surface area contributed by atoms with E-state index in [-0.39, 0.29) is 11.9 Å². The molecule has 0 aromatic heterocycles. The van der Waals surface area contributed by atoms with Crippen LogP contribution in [0.25, 0.3) is 0 Å². The molecule has 0 heterocycles. The Kier molecular flexibility index (Phi) is 5.23. The summed E-state index contributed by atoms with van der Waals surface area (Å²) in [5.74, 6) is 4.25. The van der Waals surface area contributed by atoms with E-state index in [0.29, 0.717) is 0 Å². The van der Waals surface area contributed by atoms with Crippen LogP contribution in [0.15, 0.2) is 0 Å². The molecule has 0 aliphatic carbocycles. The number of rotatable bonds is 3. The van der Waals surface area contributed by atoms with Crippen molar-refractivity contribution in [2.24, 2.45) is 11.8 Å². The highest BCUT2D eigenvalue weighted by Gasteiger charge is 2.23. The Balaban J connectivity index is 4.19. The number of ether oxygens (including phenoxy) is 1. The standard InChI is InChI=1S/C10H21N3O3/c1-6(8(14)13-11)7(2)12-9(15)16-10(3,4)5/h6-7H,11H2,1-5H3,(H,12,15)(H,13,14). The molecular formula is C10H21N3O3. The van der Waals surface area contributed by atoms with Gasteiger partial charge in [0.05, 0.1) is 5.92 Å². The van der Waals surface area contributed by atoms with E-state index in [1.54, 1.807) is 34.6 Å². The van der Waals surface area contributed by atoms with E-state index in [1.807, 2.05) is 5.43 Å². The van der Waals surface area contributed by atoms with E-state index >= 15 is 0 Å². The van der Waals surface area contributed by atoms with Crippen molar-refractivity contribution in [2.45, 2.75) is 46.3 Å². The number of nitrogens with two attached hydrogens (primary N) is 1. The smallest absolute Gasteiger partial charge is 0.407 e. The molecule has 0 aromatic carbocycles. The largest absolute Gasteiger partial charge is 0.444 e. The molecule has 2 unspecified atom stereocenters. The average molecular weight is 231 g/mol. The lowest BCUT2D eigenvalue weighted by Crippen LogP contribution is -2.47. The fourth-order valence-corrected chi connectivity index (χ4v) is 0.977. The molecule has 0 fully saturated rings. The normalized spacial score (nSPS) is 14.9. The second kappa shape index (κ2) is 5.69. The number of nitrogens with one attached hydrogen (secondary N) is 2. The predicted molar refractivity (Wildman–Crippen MR) is 60.3 cm³/mol. The first-order chi connectivity index (χ1) is 7.17. The van der Waals surface area contributed by atoms with Crippen LogP contribution in [-0.4, -0.2) is 23.6 Å². The van der Waals surface area contributed by atoms with Crippen LogP contribution in [0.2, 0.25) is 0 Å². The Morgan fingerprint density at radius 2 is 1.75 bits per heavy atom. The van der Waals surface area contributed by atoms with Crippen LogP contribution in [0, 0.1) is 5.92 Å². The van der Waals surface area contributed by atoms with Gasteiger partial charge in [-0.3, -0.25) is 10.2 Å². The van der Waals surface area contributed by atoms with Gasteiger partial charge in [-0.05, 0) is 27.7 Å². The molecule has 2 amide bonds. The Hall–Kier alpha value is -1.30. The highest BCUT2D eigenvalue weighted by atomic mass is 16.6. The minimum Gasteiger partial charge on any atom is -0.444 e. The molecule has 0 aliphatic rings. The fraction of sp³-hybridized carbons (Fsp3) is 0.800. The lowest BCUT2D eigenvalue weighted by atomic mass is 10.0. The van der Waals surface area contributed by atoms with Crippen LogP contribution in [0.1, 0.15) is 34.6 Å². The van der Waals surface area contributed by atoms with Gasteiger partial charge in [-0.2, -0.15) is 0 Å². The summed E-state index contributed by atoms with van der Waals surface area (Å²) in [4.78, 5) is 22.6. The number of carbonyl (C=O) groups is 2. The maximum atomic E-state index is 11.4. The minimum absolute atomic E-state index is 0.330. The zero-order chi connectivity index (χ0) is 12.9. The van der Waals surface area contributed by atoms with Crippen LogP contribution in [0.4, 0.5) is 4.79 Å². The lowest BCUT2D eigenvalue weighted by Gasteiger charge is -2.24. The molecule has 2 atom stereocenters. The monoisotopic (exact) mass is 231 g/mol. The summed E-state index contributed by atoms with van der Waals surface area (Å²) in [5.41, 5.74) is 1.48. The number of hydrogen-bond acceptors (Lipinski definition) is 4. The van der Waals surface area contributed by atoms with E-state index in [9.17, 15) is 9.59 Å². The third-order valence-corrected chi connectivity index (χ3v) is 2.05. The van der Waals surface area contributed by atoms with E-state index < -0.39 is 17.6 Å². The van der Waals surface area contributed by atoms with Gasteiger partial charge in [0.25, 0.3) is 0 Å². The zero-order valence-corrected chi connectivity index (χ0v) is 10.5. The minimum atomic E-state index is -0.552. The van der Waals surface area contributed by atoms with Gasteiger partial charge < -0.3 is 10.1 Å². The van der Waals surface area contributed by atoms with Crippen LogP contribution in [-0.2, 0) is 9.53 Å². The van der Waals surface area contributed by atoms with Gasteiger partial charge in [0.15, 0.2) is 0 Å². The Morgan fingerprint density at radius 3 is 2.12 bits per heavy atom. The summed E-state index contributed by atoms with van der Waals surface area (Å²) in [7, 11) is 0. The van der Waals surface area contributed by atoms with Gasteiger partial charge in [-0.25, -0.2) is 10.6 Å². The van der Waals surface area contributed by atoms with Crippen molar-refractivity contribution < 1.29 is 14.3 Å². The molecule has 4 N–H and O–H groups in total. The average Bonchev–Trinajstić information content (AvgIpc) is 2.12. The number of hydrogen-bond donors (Lipinski definition) is 3. The first kappa shape index (κ1) is 14.7. The van der Waals surface area contributed by atoms with Crippen molar-refractivity contribution in [1.29, 1.82) is 0 Å². The van der Waals surface area contributed by atoms with Gasteiger partial charge in [0, 0.05) is 6.04 Å². The molecular weight excluding hydrogens is 210 g/mol. The molecule has 94 valence electrons. The van der Waals surface area contributed by atoms with Gasteiger partial charge in [0.2, 0.25) is 5.91 Å². The molecule has 6 heteroatoms. The summed E-state index contributed by atoms with van der Waals surface area (Å²) >= 11 is 0. The SMILES string of the molecule is CC(NC(=O)OC(C)(C)C)C(C)C(=O)NN. The predicted octanol–water partition coefficient (Wildman–Crippen LogP) is 0.526. The van der Waals surface area contributed by atoms with Crippen molar-refractivity contribution in [3.63, 3.8) is 0 Å². The van der Waals surface area contributed by atoms with E-state index in [4.69, 9.17) is 10.6 Å². The first-order valence-corrected chi connectivity index (χ1v) is 5.17. The molecule has 0 spiro atoms. The third-order valence-electron chi connectivity index (χ3n) is 2.05. The molecule has 6 nitrogen and oxygen atoms in total. The maximum absolute atomic E-state index is 11.4. The molecule has 16 heavy (non-hydrogen) atoms. The second-order valence-electron chi connectivity index (χ2n) is 4.73. The molecule has 0 saturated carbocycles. The molecule has 0 radical (unpaired) electrons. The van der Waals surface area contributed by atoms with Crippen molar-refractivity contribution in [3.05, 3.63) is 0 Å².